The summed E-state index contributed by atoms with van der Waals surface area (Å²) in [6.07, 6.45) is 4.55. The van der Waals surface area contributed by atoms with Crippen molar-refractivity contribution in [1.29, 1.82) is 0 Å². The second-order valence-electron chi connectivity index (χ2n) is 3.65. The first-order valence-electron chi connectivity index (χ1n) is 5.10. The summed E-state index contributed by atoms with van der Waals surface area (Å²) in [5.74, 6) is 0.736. The van der Waals surface area contributed by atoms with Crippen molar-refractivity contribution in [1.82, 2.24) is 9.97 Å². The van der Waals surface area contributed by atoms with Gasteiger partial charge in [-0.15, -0.1) is 0 Å². The molecule has 0 radical (unpaired) electrons. The lowest BCUT2D eigenvalue weighted by Crippen LogP contribution is -1.98. The standard InChI is InChI=1S/C13H12N2O/c1-10-4-2-3-5-12(10)6-13-14-7-11(9-16)8-15-13/h2-5,7-9H,6H2,1H3. The molecular formula is C13H12N2O. The van der Waals surface area contributed by atoms with E-state index in [1.807, 2.05) is 12.1 Å². The third-order valence-electron chi connectivity index (χ3n) is 2.47. The van der Waals surface area contributed by atoms with Gasteiger partial charge in [-0.2, -0.15) is 0 Å². The van der Waals surface area contributed by atoms with E-state index in [1.165, 1.54) is 11.1 Å². The third-order valence-corrected chi connectivity index (χ3v) is 2.47. The second-order valence-corrected chi connectivity index (χ2v) is 3.65. The van der Waals surface area contributed by atoms with Crippen LogP contribution in [0.1, 0.15) is 27.3 Å². The molecule has 2 rings (SSSR count). The van der Waals surface area contributed by atoms with Crippen LogP contribution in [0.15, 0.2) is 36.7 Å². The predicted molar refractivity (Wildman–Crippen MR) is 61.4 cm³/mol. The molecule has 0 aliphatic heterocycles. The lowest BCUT2D eigenvalue weighted by atomic mass is 10.1. The monoisotopic (exact) mass is 212 g/mol. The number of rotatable bonds is 3. The van der Waals surface area contributed by atoms with E-state index in [-0.39, 0.29) is 0 Å². The number of carbonyl (C=O) groups is 1. The molecule has 3 heteroatoms. The summed E-state index contributed by atoms with van der Waals surface area (Å²) in [5, 5.41) is 0. The van der Waals surface area contributed by atoms with E-state index in [0.29, 0.717) is 12.0 Å². The number of hydrogen-bond donors (Lipinski definition) is 0. The molecule has 0 spiro atoms. The number of aromatic nitrogens is 2. The summed E-state index contributed by atoms with van der Waals surface area (Å²) in [6.45, 7) is 2.06. The maximum atomic E-state index is 10.5. The Bertz CT molecular complexity index is 492. The van der Waals surface area contributed by atoms with Crippen molar-refractivity contribution in [3.63, 3.8) is 0 Å². The van der Waals surface area contributed by atoms with Crippen molar-refractivity contribution in [2.24, 2.45) is 0 Å². The van der Waals surface area contributed by atoms with Gasteiger partial charge in [-0.3, -0.25) is 4.79 Å². The smallest absolute Gasteiger partial charge is 0.153 e. The average Bonchev–Trinajstić information content (AvgIpc) is 2.33. The maximum Gasteiger partial charge on any atom is 0.153 e. The highest BCUT2D eigenvalue weighted by Gasteiger charge is 2.01. The topological polar surface area (TPSA) is 42.9 Å². The van der Waals surface area contributed by atoms with Crippen molar-refractivity contribution in [3.05, 3.63) is 59.2 Å². The van der Waals surface area contributed by atoms with Crippen LogP contribution in [0.2, 0.25) is 0 Å². The zero-order chi connectivity index (χ0) is 11.4. The minimum atomic E-state index is 0.508. The number of aldehydes is 1. The number of nitrogens with zero attached hydrogens (tertiary/aromatic N) is 2. The predicted octanol–water partition coefficient (Wildman–Crippen LogP) is 2.19. The highest BCUT2D eigenvalue weighted by atomic mass is 16.1. The Balaban J connectivity index is 2.21. The first kappa shape index (κ1) is 10.5. The zero-order valence-corrected chi connectivity index (χ0v) is 9.05. The second kappa shape index (κ2) is 4.66. The van der Waals surface area contributed by atoms with Gasteiger partial charge in [0.05, 0.1) is 5.56 Å². The van der Waals surface area contributed by atoms with Gasteiger partial charge >= 0.3 is 0 Å². The van der Waals surface area contributed by atoms with Crippen LogP contribution >= 0.6 is 0 Å². The molecule has 0 aliphatic carbocycles. The molecule has 80 valence electrons. The summed E-state index contributed by atoms with van der Waals surface area (Å²) in [7, 11) is 0. The fourth-order valence-electron chi connectivity index (χ4n) is 1.50. The molecule has 0 fully saturated rings. The van der Waals surface area contributed by atoms with Crippen LogP contribution in [-0.4, -0.2) is 16.3 Å². The molecule has 0 N–H and O–H groups in total. The Morgan fingerprint density at radius 1 is 1.19 bits per heavy atom. The Kier molecular flexibility index (Phi) is 3.05. The van der Waals surface area contributed by atoms with Crippen LogP contribution in [0.25, 0.3) is 0 Å². The van der Waals surface area contributed by atoms with E-state index < -0.39 is 0 Å². The quantitative estimate of drug-likeness (QED) is 0.732. The summed E-state index contributed by atoms with van der Waals surface area (Å²) < 4.78 is 0. The fourth-order valence-corrected chi connectivity index (χ4v) is 1.50. The van der Waals surface area contributed by atoms with Crippen LogP contribution in [0.5, 0.6) is 0 Å². The molecule has 1 heterocycles. The van der Waals surface area contributed by atoms with E-state index in [1.54, 1.807) is 12.4 Å². The molecule has 16 heavy (non-hydrogen) atoms. The Morgan fingerprint density at radius 3 is 2.50 bits per heavy atom. The number of hydrogen-bond acceptors (Lipinski definition) is 3. The Labute approximate surface area is 94.2 Å². The van der Waals surface area contributed by atoms with Crippen LogP contribution in [0.4, 0.5) is 0 Å². The normalized spacial score (nSPS) is 10.1. The fraction of sp³-hybridized carbons (Fsp3) is 0.154. The van der Waals surface area contributed by atoms with Crippen molar-refractivity contribution in [2.45, 2.75) is 13.3 Å². The molecule has 0 amide bonds. The Morgan fingerprint density at radius 2 is 1.88 bits per heavy atom. The third kappa shape index (κ3) is 2.31. The van der Waals surface area contributed by atoms with Gasteiger partial charge in [-0.25, -0.2) is 9.97 Å². The van der Waals surface area contributed by atoms with E-state index in [4.69, 9.17) is 0 Å². The number of carbonyl (C=O) groups excluding carboxylic acids is 1. The van der Waals surface area contributed by atoms with Gasteiger partial charge in [0.25, 0.3) is 0 Å². The van der Waals surface area contributed by atoms with E-state index in [2.05, 4.69) is 29.0 Å². The summed E-state index contributed by atoms with van der Waals surface area (Å²) >= 11 is 0. The van der Waals surface area contributed by atoms with Crippen LogP contribution in [-0.2, 0) is 6.42 Å². The first-order valence-corrected chi connectivity index (χ1v) is 5.10. The van der Waals surface area contributed by atoms with E-state index in [0.717, 1.165) is 12.1 Å². The van der Waals surface area contributed by atoms with Crippen LogP contribution in [0, 0.1) is 6.92 Å². The molecular weight excluding hydrogens is 200 g/mol. The molecule has 0 atom stereocenters. The van der Waals surface area contributed by atoms with E-state index in [9.17, 15) is 4.79 Å². The molecule has 1 aromatic carbocycles. The average molecular weight is 212 g/mol. The van der Waals surface area contributed by atoms with Crippen molar-refractivity contribution < 1.29 is 4.79 Å². The molecule has 3 nitrogen and oxygen atoms in total. The van der Waals surface area contributed by atoms with Crippen LogP contribution < -0.4 is 0 Å². The van der Waals surface area contributed by atoms with Gasteiger partial charge in [-0.1, -0.05) is 24.3 Å². The van der Waals surface area contributed by atoms with Gasteiger partial charge in [0.2, 0.25) is 0 Å². The number of benzene rings is 1. The zero-order valence-electron chi connectivity index (χ0n) is 9.05. The molecule has 0 saturated carbocycles. The van der Waals surface area contributed by atoms with E-state index >= 15 is 0 Å². The van der Waals surface area contributed by atoms with Crippen molar-refractivity contribution in [3.8, 4) is 0 Å². The van der Waals surface area contributed by atoms with Gasteiger partial charge in [0, 0.05) is 18.8 Å². The minimum Gasteiger partial charge on any atom is -0.298 e. The van der Waals surface area contributed by atoms with Gasteiger partial charge in [0.15, 0.2) is 6.29 Å². The largest absolute Gasteiger partial charge is 0.298 e. The lowest BCUT2D eigenvalue weighted by Gasteiger charge is -2.03. The molecule has 1 aromatic heterocycles. The molecule has 0 saturated heterocycles. The van der Waals surface area contributed by atoms with Crippen LogP contribution in [0.3, 0.4) is 0 Å². The lowest BCUT2D eigenvalue weighted by molar-refractivity contribution is 0.112. The van der Waals surface area contributed by atoms with Gasteiger partial charge < -0.3 is 0 Å². The maximum absolute atomic E-state index is 10.5. The highest BCUT2D eigenvalue weighted by Crippen LogP contribution is 2.10. The summed E-state index contributed by atoms with van der Waals surface area (Å²) in [4.78, 5) is 18.7. The molecule has 0 bridgehead atoms. The highest BCUT2D eigenvalue weighted by molar-refractivity contribution is 5.73. The Hall–Kier alpha value is -2.03. The molecule has 2 aromatic rings. The first-order chi connectivity index (χ1) is 7.79. The number of aryl methyl sites for hydroxylation is 1. The van der Waals surface area contributed by atoms with Gasteiger partial charge in [0.1, 0.15) is 5.82 Å². The minimum absolute atomic E-state index is 0.508. The molecule has 0 unspecified atom stereocenters. The molecule has 0 aliphatic rings. The van der Waals surface area contributed by atoms with Gasteiger partial charge in [-0.05, 0) is 18.1 Å². The SMILES string of the molecule is Cc1ccccc1Cc1ncc(C=O)cn1. The summed E-state index contributed by atoms with van der Waals surface area (Å²) in [5.41, 5.74) is 2.94. The van der Waals surface area contributed by atoms with Crippen molar-refractivity contribution in [2.75, 3.05) is 0 Å². The summed E-state index contributed by atoms with van der Waals surface area (Å²) in [6, 6.07) is 8.14. The van der Waals surface area contributed by atoms with Crippen molar-refractivity contribution >= 4 is 6.29 Å².